The minimum absolute atomic E-state index is 0.0458. The molecule has 1 unspecified atom stereocenters. The Bertz CT molecular complexity index is 725. The first kappa shape index (κ1) is 17.9. The molecule has 2 aromatic rings. The van der Waals surface area contributed by atoms with Crippen molar-refractivity contribution in [3.63, 3.8) is 0 Å². The highest BCUT2D eigenvalue weighted by atomic mass is 16.2. The van der Waals surface area contributed by atoms with Crippen LogP contribution >= 0.6 is 0 Å². The minimum Gasteiger partial charge on any atom is -0.335 e. The summed E-state index contributed by atoms with van der Waals surface area (Å²) < 4.78 is 0. The maximum Gasteiger partial charge on any atom is 0.254 e. The number of nitrogens with one attached hydrogen (secondary N) is 1. The molecule has 2 aromatic heterocycles. The normalized spacial score (nSPS) is 12.0. The van der Waals surface area contributed by atoms with Crippen LogP contribution in [0.25, 0.3) is 0 Å². The van der Waals surface area contributed by atoms with Crippen LogP contribution in [0.3, 0.4) is 0 Å². The molecular formula is C19H25N3O2. The number of pyridine rings is 2. The Morgan fingerprint density at radius 3 is 2.75 bits per heavy atom. The molecule has 5 heteroatoms. The van der Waals surface area contributed by atoms with Crippen molar-refractivity contribution < 1.29 is 4.79 Å². The Morgan fingerprint density at radius 1 is 1.33 bits per heavy atom. The molecule has 0 fully saturated rings. The van der Waals surface area contributed by atoms with Crippen LogP contribution in [-0.4, -0.2) is 27.8 Å². The Labute approximate surface area is 142 Å². The van der Waals surface area contributed by atoms with Crippen LogP contribution in [0.2, 0.25) is 0 Å². The van der Waals surface area contributed by atoms with E-state index in [9.17, 15) is 9.59 Å². The van der Waals surface area contributed by atoms with Crippen LogP contribution in [0.4, 0.5) is 0 Å². The van der Waals surface area contributed by atoms with Gasteiger partial charge >= 0.3 is 0 Å². The lowest BCUT2D eigenvalue weighted by Gasteiger charge is -2.28. The molecule has 1 amide bonds. The van der Waals surface area contributed by atoms with Crippen LogP contribution in [-0.2, 0) is 6.42 Å². The third-order valence-electron chi connectivity index (χ3n) is 4.22. The first-order valence-electron chi connectivity index (χ1n) is 8.47. The van der Waals surface area contributed by atoms with E-state index >= 15 is 0 Å². The zero-order valence-electron chi connectivity index (χ0n) is 14.6. The van der Waals surface area contributed by atoms with Crippen molar-refractivity contribution in [1.29, 1.82) is 0 Å². The summed E-state index contributed by atoms with van der Waals surface area (Å²) in [5.41, 5.74) is 1.98. The van der Waals surface area contributed by atoms with Crippen molar-refractivity contribution in [2.24, 2.45) is 0 Å². The van der Waals surface area contributed by atoms with E-state index in [0.717, 1.165) is 30.5 Å². The van der Waals surface area contributed by atoms with Crippen LogP contribution in [0, 0.1) is 0 Å². The molecule has 0 saturated carbocycles. The van der Waals surface area contributed by atoms with Gasteiger partial charge < -0.3 is 9.88 Å². The number of aromatic nitrogens is 2. The molecule has 1 atom stereocenters. The molecule has 0 bridgehead atoms. The number of nitrogens with zero attached hydrogens (tertiary/aromatic N) is 2. The maximum atomic E-state index is 12.9. The lowest BCUT2D eigenvalue weighted by atomic mass is 10.0. The van der Waals surface area contributed by atoms with Crippen molar-refractivity contribution >= 4 is 5.91 Å². The second-order valence-electron chi connectivity index (χ2n) is 5.97. The fourth-order valence-corrected chi connectivity index (χ4v) is 2.81. The fraction of sp³-hybridized carbons (Fsp3) is 0.421. The number of amides is 1. The highest BCUT2D eigenvalue weighted by molar-refractivity contribution is 5.94. The number of rotatable bonds is 7. The summed E-state index contributed by atoms with van der Waals surface area (Å²) >= 11 is 0. The smallest absolute Gasteiger partial charge is 0.254 e. The molecule has 2 heterocycles. The fourth-order valence-electron chi connectivity index (χ4n) is 2.81. The lowest BCUT2D eigenvalue weighted by Crippen LogP contribution is -2.32. The molecule has 2 rings (SSSR count). The van der Waals surface area contributed by atoms with Crippen molar-refractivity contribution in [3.8, 4) is 0 Å². The molecule has 5 nitrogen and oxygen atoms in total. The highest BCUT2D eigenvalue weighted by Gasteiger charge is 2.23. The number of hydrogen-bond donors (Lipinski definition) is 1. The predicted octanol–water partition coefficient (Wildman–Crippen LogP) is 3.34. The van der Waals surface area contributed by atoms with Crippen LogP contribution < -0.4 is 5.56 Å². The number of aryl methyl sites for hydroxylation is 1. The summed E-state index contributed by atoms with van der Waals surface area (Å²) in [6.45, 7) is 4.08. The molecule has 0 aromatic carbocycles. The molecule has 0 aliphatic rings. The first-order valence-corrected chi connectivity index (χ1v) is 8.47. The third-order valence-corrected chi connectivity index (χ3v) is 4.22. The zero-order chi connectivity index (χ0) is 17.5. The van der Waals surface area contributed by atoms with Gasteiger partial charge in [0.1, 0.15) is 0 Å². The van der Waals surface area contributed by atoms with Crippen molar-refractivity contribution in [1.82, 2.24) is 14.9 Å². The Kier molecular flexibility index (Phi) is 6.29. The molecule has 0 radical (unpaired) electrons. The highest BCUT2D eigenvalue weighted by Crippen LogP contribution is 2.26. The summed E-state index contributed by atoms with van der Waals surface area (Å²) in [4.78, 5) is 33.3. The van der Waals surface area contributed by atoms with E-state index < -0.39 is 0 Å². The molecule has 0 saturated heterocycles. The molecule has 0 spiro atoms. The van der Waals surface area contributed by atoms with Crippen LogP contribution in [0.5, 0.6) is 0 Å². The van der Waals surface area contributed by atoms with Crippen LogP contribution in [0.15, 0.2) is 41.5 Å². The number of carbonyl (C=O) groups excluding carboxylic acids is 1. The maximum absolute atomic E-state index is 12.9. The average molecular weight is 327 g/mol. The number of aromatic amines is 1. The van der Waals surface area contributed by atoms with E-state index in [2.05, 4.69) is 16.9 Å². The first-order chi connectivity index (χ1) is 11.6. The van der Waals surface area contributed by atoms with Gasteiger partial charge in [0.05, 0.1) is 6.04 Å². The topological polar surface area (TPSA) is 66.1 Å². The molecule has 0 aliphatic heterocycles. The number of H-pyrrole nitrogens is 1. The molecule has 0 aliphatic carbocycles. The van der Waals surface area contributed by atoms with Gasteiger partial charge in [0.2, 0.25) is 5.56 Å². The Hall–Kier alpha value is -2.43. The van der Waals surface area contributed by atoms with E-state index in [1.54, 1.807) is 30.4 Å². The van der Waals surface area contributed by atoms with E-state index in [1.807, 2.05) is 19.1 Å². The number of carbonyl (C=O) groups is 1. The summed E-state index contributed by atoms with van der Waals surface area (Å²) in [5, 5.41) is 0. The monoisotopic (exact) mass is 327 g/mol. The SMILES string of the molecule is CCCCC(c1cccnc1)N(C)C(=O)c1cc(CC)[nH]c(=O)c1. The van der Waals surface area contributed by atoms with Gasteiger partial charge in [0, 0.05) is 36.8 Å². The molecular weight excluding hydrogens is 302 g/mol. The van der Waals surface area contributed by atoms with E-state index in [1.165, 1.54) is 6.07 Å². The summed E-state index contributed by atoms with van der Waals surface area (Å²) in [7, 11) is 1.79. The molecule has 24 heavy (non-hydrogen) atoms. The summed E-state index contributed by atoms with van der Waals surface area (Å²) in [6, 6.07) is 6.97. The Morgan fingerprint density at radius 2 is 2.12 bits per heavy atom. The van der Waals surface area contributed by atoms with Crippen LogP contribution in [0.1, 0.15) is 60.8 Å². The van der Waals surface area contributed by atoms with Gasteiger partial charge in [-0.1, -0.05) is 32.8 Å². The average Bonchev–Trinajstić information content (AvgIpc) is 2.61. The largest absolute Gasteiger partial charge is 0.335 e. The van der Waals surface area contributed by atoms with Gasteiger partial charge in [-0.05, 0) is 30.5 Å². The van der Waals surface area contributed by atoms with Gasteiger partial charge in [-0.25, -0.2) is 0 Å². The van der Waals surface area contributed by atoms with Gasteiger partial charge in [-0.2, -0.15) is 0 Å². The minimum atomic E-state index is -0.238. The second-order valence-corrected chi connectivity index (χ2v) is 5.97. The van der Waals surface area contributed by atoms with E-state index in [4.69, 9.17) is 0 Å². The second kappa shape index (κ2) is 8.43. The van der Waals surface area contributed by atoms with Crippen molar-refractivity contribution in [2.45, 2.75) is 45.6 Å². The van der Waals surface area contributed by atoms with Crippen molar-refractivity contribution in [2.75, 3.05) is 7.05 Å². The van der Waals surface area contributed by atoms with Gasteiger partial charge in [0.15, 0.2) is 0 Å². The third kappa shape index (κ3) is 4.31. The van der Waals surface area contributed by atoms with E-state index in [0.29, 0.717) is 12.0 Å². The predicted molar refractivity (Wildman–Crippen MR) is 95.0 cm³/mol. The molecule has 128 valence electrons. The van der Waals surface area contributed by atoms with Gasteiger partial charge in [-0.15, -0.1) is 0 Å². The quantitative estimate of drug-likeness (QED) is 0.848. The standard InChI is InChI=1S/C19H25N3O2/c1-4-6-9-17(14-8-7-10-20-13-14)22(3)19(24)15-11-16(5-2)21-18(23)12-15/h7-8,10-13,17H,4-6,9H2,1-3H3,(H,21,23). The number of unbranched alkanes of at least 4 members (excludes halogenated alkanes) is 1. The molecule has 1 N–H and O–H groups in total. The Balaban J connectivity index is 2.31. The summed E-state index contributed by atoms with van der Waals surface area (Å²) in [5.74, 6) is -0.138. The summed E-state index contributed by atoms with van der Waals surface area (Å²) in [6.07, 6.45) is 7.17. The number of hydrogen-bond acceptors (Lipinski definition) is 3. The zero-order valence-corrected chi connectivity index (χ0v) is 14.6. The van der Waals surface area contributed by atoms with Gasteiger partial charge in [0.25, 0.3) is 5.91 Å². The van der Waals surface area contributed by atoms with Crippen molar-refractivity contribution in [3.05, 3.63) is 63.8 Å². The van der Waals surface area contributed by atoms with Gasteiger partial charge in [-0.3, -0.25) is 14.6 Å². The van der Waals surface area contributed by atoms with E-state index in [-0.39, 0.29) is 17.5 Å². The lowest BCUT2D eigenvalue weighted by molar-refractivity contribution is 0.0719.